The summed E-state index contributed by atoms with van der Waals surface area (Å²) in [7, 11) is -0.951. The minimum atomic E-state index is -1.11. The van der Waals surface area contributed by atoms with Gasteiger partial charge in [0.25, 0.3) is 5.91 Å². The van der Waals surface area contributed by atoms with E-state index in [1.165, 1.54) is 25.2 Å². The summed E-state index contributed by atoms with van der Waals surface area (Å²) in [4.78, 5) is 24.1. The van der Waals surface area contributed by atoms with Crippen molar-refractivity contribution in [3.8, 4) is 5.75 Å². The van der Waals surface area contributed by atoms with E-state index in [1.54, 1.807) is 12.1 Å². The van der Waals surface area contributed by atoms with E-state index in [4.69, 9.17) is 0 Å². The maximum atomic E-state index is 12.7. The van der Waals surface area contributed by atoms with E-state index >= 15 is 0 Å². The Hall–Kier alpha value is -2.39. The van der Waals surface area contributed by atoms with E-state index in [9.17, 15) is 24.8 Å². The van der Waals surface area contributed by atoms with Crippen molar-refractivity contribution in [3.63, 3.8) is 0 Å². The Bertz CT molecular complexity index is 620. The van der Waals surface area contributed by atoms with Crippen LogP contribution in [0.5, 0.6) is 5.75 Å². The number of phenols is 1. The van der Waals surface area contributed by atoms with E-state index in [0.29, 0.717) is 12.8 Å². The van der Waals surface area contributed by atoms with E-state index in [2.05, 4.69) is 10.3 Å². The highest BCUT2D eigenvalue weighted by atomic mass is 16.4. The lowest BCUT2D eigenvalue weighted by Gasteiger charge is -2.30. The van der Waals surface area contributed by atoms with Gasteiger partial charge in [-0.25, -0.2) is 9.80 Å². The zero-order chi connectivity index (χ0) is 17.7. The number of hydrogen-bond acceptors (Lipinski definition) is 6. The number of carboxylic acid groups (broad SMARTS) is 1. The van der Waals surface area contributed by atoms with Crippen LogP contribution in [0.25, 0.3) is 0 Å². The van der Waals surface area contributed by atoms with Crippen LogP contribution in [0.3, 0.4) is 0 Å². The Morgan fingerprint density at radius 1 is 1.42 bits per heavy atom. The average Bonchev–Trinajstić information content (AvgIpc) is 2.55. The van der Waals surface area contributed by atoms with Crippen LogP contribution in [0.4, 0.5) is 0 Å². The number of hydrazone groups is 1. The summed E-state index contributed by atoms with van der Waals surface area (Å²) >= 11 is 0. The summed E-state index contributed by atoms with van der Waals surface area (Å²) in [6.07, 6.45) is 2.53. The molecule has 0 fully saturated rings. The van der Waals surface area contributed by atoms with Crippen LogP contribution in [-0.4, -0.2) is 57.5 Å². The molecule has 2 atom stereocenters. The lowest BCUT2D eigenvalue weighted by Crippen LogP contribution is -2.55. The molecule has 0 saturated carbocycles. The zero-order valence-corrected chi connectivity index (χ0v) is 13.3. The molecule has 1 aliphatic heterocycles. The highest BCUT2D eigenvalue weighted by Gasteiger charge is 2.35. The molecule has 2 rings (SSSR count). The van der Waals surface area contributed by atoms with Crippen LogP contribution >= 0.6 is 0 Å². The van der Waals surface area contributed by atoms with Gasteiger partial charge in [-0.05, 0) is 43.8 Å². The van der Waals surface area contributed by atoms with Crippen molar-refractivity contribution < 1.29 is 24.8 Å². The van der Waals surface area contributed by atoms with Gasteiger partial charge in [-0.3, -0.25) is 4.79 Å². The maximum Gasteiger partial charge on any atom is 0.374 e. The van der Waals surface area contributed by atoms with Crippen LogP contribution < -0.4 is 5.23 Å². The third kappa shape index (κ3) is 4.56. The average molecular weight is 333 g/mol. The summed E-state index contributed by atoms with van der Waals surface area (Å²) in [6.45, 7) is 1.48. The molecule has 1 aromatic rings. The Kier molecular flexibility index (Phi) is 5.94. The Morgan fingerprint density at radius 3 is 2.67 bits per heavy atom. The topological polar surface area (TPSA) is 122 Å². The predicted molar refractivity (Wildman–Crippen MR) is 88.6 cm³/mol. The van der Waals surface area contributed by atoms with Gasteiger partial charge < -0.3 is 20.5 Å². The maximum absolute atomic E-state index is 12.7. The van der Waals surface area contributed by atoms with Gasteiger partial charge in [0.2, 0.25) is 0 Å². The lowest BCUT2D eigenvalue weighted by atomic mass is 9.85. The first kappa shape index (κ1) is 18.0. The predicted octanol–water partition coefficient (Wildman–Crippen LogP) is 0.0646. The lowest BCUT2D eigenvalue weighted by molar-refractivity contribution is -0.151. The monoisotopic (exact) mass is 333 g/mol. The molecule has 8 nitrogen and oxygen atoms in total. The van der Waals surface area contributed by atoms with Crippen LogP contribution in [0.1, 0.15) is 18.4 Å². The summed E-state index contributed by atoms with van der Waals surface area (Å²) in [5.41, 5.74) is 0.757. The second-order valence-corrected chi connectivity index (χ2v) is 5.68. The van der Waals surface area contributed by atoms with Crippen molar-refractivity contribution in [2.45, 2.75) is 38.2 Å². The molecule has 1 aliphatic rings. The van der Waals surface area contributed by atoms with E-state index in [1.807, 2.05) is 0 Å². The molecule has 0 aliphatic carbocycles. The molecule has 24 heavy (non-hydrogen) atoms. The number of carbonyl (C=O) groups excluding carboxylic acids is 1. The molecule has 9 heteroatoms. The first-order chi connectivity index (χ1) is 11.4. The highest BCUT2D eigenvalue weighted by Crippen LogP contribution is 2.17. The summed E-state index contributed by atoms with van der Waals surface area (Å²) < 4.78 is 0. The Morgan fingerprint density at radius 2 is 2.08 bits per heavy atom. The number of benzene rings is 1. The van der Waals surface area contributed by atoms with Gasteiger partial charge in [0.05, 0.1) is 6.04 Å². The molecular weight excluding hydrogens is 313 g/mol. The van der Waals surface area contributed by atoms with E-state index in [-0.39, 0.29) is 12.2 Å². The van der Waals surface area contributed by atoms with Gasteiger partial charge >= 0.3 is 13.0 Å². The summed E-state index contributed by atoms with van der Waals surface area (Å²) in [6, 6.07) is 4.46. The second kappa shape index (κ2) is 7.94. The molecule has 1 amide bonds. The highest BCUT2D eigenvalue weighted by molar-refractivity contribution is 6.46. The molecule has 0 aromatic heterocycles. The first-order valence-electron chi connectivity index (χ1n) is 7.69. The largest absolute Gasteiger partial charge is 0.508 e. The van der Waals surface area contributed by atoms with E-state index < -0.39 is 31.0 Å². The molecular formula is C15H20BN3O5. The van der Waals surface area contributed by atoms with Gasteiger partial charge in [0.15, 0.2) is 6.04 Å². The SMILES string of the molecule is CB(O)NC(Cc1ccc(O)cc1)C(=O)N1N=CCCC1C(=O)O. The molecule has 1 heterocycles. The zero-order valence-electron chi connectivity index (χ0n) is 13.3. The van der Waals surface area contributed by atoms with Crippen LogP contribution in [-0.2, 0) is 16.0 Å². The third-order valence-corrected chi connectivity index (χ3v) is 3.70. The molecule has 0 saturated heterocycles. The Balaban J connectivity index is 2.20. The standard InChI is InChI=1S/C15H20BN3O5/c1-16(24)18-12(9-10-4-6-11(20)7-5-10)14(21)19-13(15(22)23)3-2-8-17-19/h4-8,12-13,18,20,24H,2-3,9H2,1H3,(H,22,23). The molecule has 4 N–H and O–H groups in total. The minimum absolute atomic E-state index is 0.108. The fourth-order valence-corrected chi connectivity index (χ4v) is 2.56. The number of nitrogens with zero attached hydrogens (tertiary/aromatic N) is 2. The molecule has 128 valence electrons. The fourth-order valence-electron chi connectivity index (χ4n) is 2.56. The summed E-state index contributed by atoms with van der Waals surface area (Å²) in [5.74, 6) is -1.52. The van der Waals surface area contributed by atoms with Crippen molar-refractivity contribution in [2.24, 2.45) is 5.10 Å². The van der Waals surface area contributed by atoms with Crippen LogP contribution in [0, 0.1) is 0 Å². The van der Waals surface area contributed by atoms with Crippen LogP contribution in [0.15, 0.2) is 29.4 Å². The number of carbonyl (C=O) groups is 2. The van der Waals surface area contributed by atoms with Crippen LogP contribution in [0.2, 0.25) is 6.82 Å². The van der Waals surface area contributed by atoms with Gasteiger partial charge in [-0.2, -0.15) is 5.10 Å². The molecule has 0 radical (unpaired) electrons. The minimum Gasteiger partial charge on any atom is -0.508 e. The van der Waals surface area contributed by atoms with Gasteiger partial charge in [0, 0.05) is 6.21 Å². The molecule has 2 unspecified atom stereocenters. The number of rotatable bonds is 6. The normalized spacial score (nSPS) is 18.2. The number of amides is 1. The van der Waals surface area contributed by atoms with Gasteiger partial charge in [0.1, 0.15) is 5.75 Å². The number of carboxylic acids is 1. The smallest absolute Gasteiger partial charge is 0.374 e. The fraction of sp³-hybridized carbons (Fsp3) is 0.400. The molecule has 0 spiro atoms. The third-order valence-electron chi connectivity index (χ3n) is 3.70. The molecule has 1 aromatic carbocycles. The number of nitrogens with one attached hydrogen (secondary N) is 1. The number of hydrogen-bond donors (Lipinski definition) is 4. The van der Waals surface area contributed by atoms with Gasteiger partial charge in [-0.1, -0.05) is 12.1 Å². The first-order valence-corrected chi connectivity index (χ1v) is 7.69. The number of aromatic hydroxyl groups is 1. The number of aliphatic carboxylic acids is 1. The van der Waals surface area contributed by atoms with Crippen molar-refractivity contribution in [1.29, 1.82) is 0 Å². The molecule has 0 bridgehead atoms. The van der Waals surface area contributed by atoms with E-state index in [0.717, 1.165) is 10.6 Å². The van der Waals surface area contributed by atoms with Crippen molar-refractivity contribution in [2.75, 3.05) is 0 Å². The quantitative estimate of drug-likeness (QED) is 0.546. The van der Waals surface area contributed by atoms with Crippen molar-refractivity contribution >= 4 is 25.1 Å². The van der Waals surface area contributed by atoms with Gasteiger partial charge in [-0.15, -0.1) is 0 Å². The summed E-state index contributed by atoms with van der Waals surface area (Å²) in [5, 5.41) is 35.8. The van der Waals surface area contributed by atoms with Crippen molar-refractivity contribution in [1.82, 2.24) is 10.2 Å². The van der Waals surface area contributed by atoms with Crippen molar-refractivity contribution in [3.05, 3.63) is 29.8 Å². The number of phenolic OH excluding ortho intramolecular Hbond substituents is 1. The Labute approximate surface area is 139 Å². The second-order valence-electron chi connectivity index (χ2n) is 5.68.